The summed E-state index contributed by atoms with van der Waals surface area (Å²) in [6.07, 6.45) is 0.313. The van der Waals surface area contributed by atoms with Crippen molar-refractivity contribution in [2.24, 2.45) is 5.73 Å². The van der Waals surface area contributed by atoms with E-state index in [9.17, 15) is 82.1 Å². The quantitative estimate of drug-likeness (QED) is 0.0210. The molecule has 17 rings (SSSR count). The molecule has 5 atom stereocenters. The number of primary amides is 1. The number of likely N-dealkylation sites (N-methyl/N-ethyl adjacent to an activating group) is 4. The molecule has 44 heteroatoms. The zero-order chi connectivity index (χ0) is 106. The molecule has 13 amide bonds. The fraction of sp³-hybridized carbons (Fsp3) is 0.212. The summed E-state index contributed by atoms with van der Waals surface area (Å²) < 4.78 is 159. The Labute approximate surface area is 852 Å². The van der Waals surface area contributed by atoms with Gasteiger partial charge < -0.3 is 89.2 Å². The van der Waals surface area contributed by atoms with E-state index in [4.69, 9.17) is 48.4 Å². The van der Waals surface area contributed by atoms with Crippen LogP contribution in [0.25, 0.3) is 0 Å². The number of benzene rings is 12. The minimum atomic E-state index is -4.21. The SMILES string of the molecule is COc1cccc(C[C@H](NC(=O)NS(=O)(=O)c2ccccc2C)C(=O)N(C)c2ccc3c(c2)OCO3)c1.Cc1ccccc1S(=O)(=O)NC(=O)N[C@@H](Cc1cccc(C(N)=O)c1)C(=O)N(C)c1ccc2c(c1)OCO2.Cc1ccccc1S(=O)(=O)NC(=O)N[C@@H](Cc1ccccc1C#N)C(=O)N(C)c1ccc2c(c1)OCO2.Cc1ccccc1S(=O)(=O)NC(=O)N[C@@]1(C(=O)N(C)c2ccc3c(c2)OCO3)C[C@H]1c1ccccc1. The van der Waals surface area contributed by atoms with Crippen molar-refractivity contribution in [3.63, 3.8) is 0 Å². The van der Waals surface area contributed by atoms with Crippen LogP contribution in [0.4, 0.5) is 41.9 Å². The number of rotatable bonds is 29. The lowest BCUT2D eigenvalue weighted by molar-refractivity contribution is -0.121. The number of fused-ring (bicyclic) bond motifs is 4. The molecule has 148 heavy (non-hydrogen) atoms. The van der Waals surface area contributed by atoms with E-state index in [1.54, 1.807) is 242 Å². The first kappa shape index (κ1) is 106. The molecule has 4 aliphatic heterocycles. The van der Waals surface area contributed by atoms with Crippen LogP contribution in [0.15, 0.2) is 293 Å². The lowest BCUT2D eigenvalue weighted by atomic mass is 10.00. The van der Waals surface area contributed by atoms with Crippen molar-refractivity contribution in [1.82, 2.24) is 40.2 Å². The van der Waals surface area contributed by atoms with Gasteiger partial charge in [-0.05, 0) is 182 Å². The van der Waals surface area contributed by atoms with Crippen LogP contribution in [-0.4, -0.2) is 173 Å². The number of nitrogens with zero attached hydrogens (tertiary/aromatic N) is 5. The Hall–Kier alpha value is -17.4. The highest BCUT2D eigenvalue weighted by Crippen LogP contribution is 2.53. The van der Waals surface area contributed by atoms with Crippen LogP contribution in [0.1, 0.15) is 72.8 Å². The number of hydrogen-bond donors (Lipinski definition) is 9. The number of carbonyl (C=O) groups excluding carboxylic acids is 9. The second-order valence-electron chi connectivity index (χ2n) is 34.2. The van der Waals surface area contributed by atoms with Crippen LogP contribution in [-0.2, 0) is 78.5 Å². The molecule has 12 aromatic rings. The highest BCUT2D eigenvalue weighted by molar-refractivity contribution is 7.91. The van der Waals surface area contributed by atoms with Crippen LogP contribution in [0.5, 0.6) is 51.7 Å². The molecule has 1 aliphatic carbocycles. The molecular formula is C104H102N14O26S4. The summed E-state index contributed by atoms with van der Waals surface area (Å²) in [7, 11) is -8.99. The van der Waals surface area contributed by atoms with Gasteiger partial charge in [-0.15, -0.1) is 0 Å². The first-order valence-electron chi connectivity index (χ1n) is 45.4. The highest BCUT2D eigenvalue weighted by atomic mass is 32.2. The predicted octanol–water partition coefficient (Wildman–Crippen LogP) is 11.2. The molecule has 12 aromatic carbocycles. The summed E-state index contributed by atoms with van der Waals surface area (Å²) in [5, 5.41) is 19.7. The molecule has 0 spiro atoms. The number of nitrogens with two attached hydrogens (primary N) is 1. The van der Waals surface area contributed by atoms with Crippen molar-refractivity contribution in [1.29, 1.82) is 5.26 Å². The fourth-order valence-corrected chi connectivity index (χ4v) is 21.0. The molecule has 0 unspecified atom stereocenters. The minimum absolute atomic E-state index is 0.00610. The van der Waals surface area contributed by atoms with Gasteiger partial charge in [-0.3, -0.25) is 24.0 Å². The summed E-state index contributed by atoms with van der Waals surface area (Å²) >= 11 is 0. The van der Waals surface area contributed by atoms with Crippen molar-refractivity contribution >= 4 is 117 Å². The van der Waals surface area contributed by atoms with Gasteiger partial charge in [-0.1, -0.05) is 146 Å². The smallest absolute Gasteiger partial charge is 0.329 e. The lowest BCUT2D eigenvalue weighted by Gasteiger charge is -2.26. The first-order valence-corrected chi connectivity index (χ1v) is 51.4. The second kappa shape index (κ2) is 46.1. The van der Waals surface area contributed by atoms with Gasteiger partial charge >= 0.3 is 24.1 Å². The number of urea groups is 4. The van der Waals surface area contributed by atoms with Crippen LogP contribution in [0.2, 0.25) is 0 Å². The maximum atomic E-state index is 13.8. The Morgan fingerprint density at radius 3 is 1.07 bits per heavy atom. The van der Waals surface area contributed by atoms with E-state index >= 15 is 0 Å². The number of hydrogen-bond acceptors (Lipinski definition) is 27. The van der Waals surface area contributed by atoms with Crippen molar-refractivity contribution in [2.75, 3.05) is 82.1 Å². The van der Waals surface area contributed by atoms with Gasteiger partial charge in [0.15, 0.2) is 46.0 Å². The largest absolute Gasteiger partial charge is 0.497 e. The molecule has 1 fully saturated rings. The highest BCUT2D eigenvalue weighted by Gasteiger charge is 2.63. The molecule has 0 radical (unpaired) electrons. The molecule has 768 valence electrons. The molecule has 5 aliphatic rings. The number of amides is 13. The van der Waals surface area contributed by atoms with Gasteiger partial charge in [-0.25, -0.2) is 71.7 Å². The molecular weight excluding hydrogens is 1990 g/mol. The predicted molar refractivity (Wildman–Crippen MR) is 542 cm³/mol. The van der Waals surface area contributed by atoms with Gasteiger partial charge in [0.05, 0.1) is 38.3 Å². The zero-order valence-electron chi connectivity index (χ0n) is 81.0. The van der Waals surface area contributed by atoms with Crippen molar-refractivity contribution in [2.45, 2.75) is 103 Å². The van der Waals surface area contributed by atoms with E-state index in [-0.39, 0.29) is 83.4 Å². The third-order valence-electron chi connectivity index (χ3n) is 24.2. The van der Waals surface area contributed by atoms with E-state index in [1.165, 1.54) is 83.3 Å². The summed E-state index contributed by atoms with van der Waals surface area (Å²) in [6, 6.07) is 68.8. The monoisotopic (exact) mass is 2090 g/mol. The van der Waals surface area contributed by atoms with Crippen LogP contribution in [0, 0.1) is 39.0 Å². The van der Waals surface area contributed by atoms with E-state index in [2.05, 4.69) is 32.1 Å². The third-order valence-corrected chi connectivity index (χ3v) is 30.2. The van der Waals surface area contributed by atoms with Gasteiger partial charge in [0, 0.05) is 106 Å². The number of sulfonamides is 4. The molecule has 10 N–H and O–H groups in total. The van der Waals surface area contributed by atoms with Crippen LogP contribution >= 0.6 is 0 Å². The van der Waals surface area contributed by atoms with Crippen molar-refractivity contribution < 1.29 is 119 Å². The maximum Gasteiger partial charge on any atom is 0.329 e. The number of aryl methyl sites for hydroxylation is 4. The average molecular weight is 2090 g/mol. The fourth-order valence-electron chi connectivity index (χ4n) is 16.3. The maximum absolute atomic E-state index is 13.8. The van der Waals surface area contributed by atoms with E-state index in [0.29, 0.717) is 125 Å². The number of ether oxygens (including phenoxy) is 9. The lowest BCUT2D eigenvalue weighted by Crippen LogP contribution is -2.54. The first-order chi connectivity index (χ1) is 70.6. The Bertz CT molecular complexity index is 7650. The molecule has 4 heterocycles. The van der Waals surface area contributed by atoms with Crippen molar-refractivity contribution in [3.05, 3.63) is 329 Å². The second-order valence-corrected chi connectivity index (χ2v) is 40.8. The van der Waals surface area contributed by atoms with Gasteiger partial charge in [0.1, 0.15) is 29.4 Å². The number of nitriles is 1. The zero-order valence-corrected chi connectivity index (χ0v) is 84.3. The van der Waals surface area contributed by atoms with Crippen molar-refractivity contribution in [3.8, 4) is 57.8 Å². The average Bonchev–Trinajstić information content (AvgIpc) is 1.55. The molecule has 0 saturated heterocycles. The normalized spacial score (nSPS) is 14.6. The van der Waals surface area contributed by atoms with Gasteiger partial charge in [0.2, 0.25) is 50.8 Å². The van der Waals surface area contributed by atoms with E-state index in [0.717, 1.165) is 5.56 Å². The van der Waals surface area contributed by atoms with E-state index in [1.807, 2.05) is 44.5 Å². The minimum Gasteiger partial charge on any atom is -0.497 e. The Kier molecular flexibility index (Phi) is 33.1. The molecule has 40 nitrogen and oxygen atoms in total. The third kappa shape index (κ3) is 25.7. The summed E-state index contributed by atoms with van der Waals surface area (Å²) in [5.74, 6) is 1.87. The topological polar surface area (TPSA) is 532 Å². The van der Waals surface area contributed by atoms with Gasteiger partial charge in [-0.2, -0.15) is 5.26 Å². The Morgan fingerprint density at radius 1 is 0.378 bits per heavy atom. The molecule has 1 saturated carbocycles. The standard InChI is InChI=1S/C26H26N4O7S.C26H24N4O6S.C26H27N3O7S.C26H25N3O6S/c1-16-6-3-4-9-23(16)38(34,35)29-26(33)28-20(13-17-7-5-8-18(12-17)24(27)31)25(32)30(2)19-10-11-21-22(14-19)37-15-36-21;1-17-7-3-6-10-24(17)37(33,34)29-26(32)28-21(13-18-8-4-5-9-19(18)15-27)25(31)30(2)20-11-12-22-23(14-20)36-16-35-22;1-17-7-4-5-10-24(17)37(32,33)28-26(31)27-21(14-18-8-6-9-20(13-18)34-3)25(30)29(2)19-11-12-22-23(15-19)36-16-35-22;1-17-8-6-7-11-23(17)36(32,33)28-25(31)27-26(15-20(26)18-9-4-3-5-10-18)24(30)29(2)19-12-13-21-22(14-19)35-16-34-21/h3-12,14,20H,13,15H2,1-2H3,(H2,27,31)(H2,28,29,33);3-12,14,21H,13,16H2,1-2H3,(H2,28,29,32);4-13,15,21H,14,16H2,1-3H3,(H2,27,28,31);3-14,20H,15-16H2,1-2H3,(H2,27,28,31)/t20-;2*21-;20-,26-/m0000/s1. The molecule has 0 bridgehead atoms. The number of methoxy groups -OCH3 is 1. The summed E-state index contributed by atoms with van der Waals surface area (Å²) in [6.45, 7) is 6.81. The Balaban J connectivity index is 0.000000156. The van der Waals surface area contributed by atoms with E-state index < -0.39 is 112 Å². The molecule has 0 aromatic heterocycles. The van der Waals surface area contributed by atoms with Crippen LogP contribution in [0.3, 0.4) is 0 Å². The van der Waals surface area contributed by atoms with Crippen LogP contribution < -0.4 is 108 Å². The number of anilines is 4. The van der Waals surface area contributed by atoms with Gasteiger partial charge in [0.25, 0.3) is 46.0 Å². The number of carbonyl (C=O) groups is 9. The number of nitrogens with one attached hydrogen (secondary N) is 8. The Morgan fingerprint density at radius 2 is 0.703 bits per heavy atom. The summed E-state index contributed by atoms with van der Waals surface area (Å²) in [5.41, 5.74) is 11.1. The summed E-state index contributed by atoms with van der Waals surface area (Å²) in [4.78, 5) is 123.